The van der Waals surface area contributed by atoms with E-state index in [1.54, 1.807) is 0 Å². The zero-order valence-corrected chi connectivity index (χ0v) is 12.3. The number of benzene rings is 1. The summed E-state index contributed by atoms with van der Waals surface area (Å²) in [5.41, 5.74) is 1.94. The number of hydrogen-bond acceptors (Lipinski definition) is 3. The second-order valence-corrected chi connectivity index (χ2v) is 6.23. The monoisotopic (exact) mass is 275 g/mol. The Morgan fingerprint density at radius 2 is 2.25 bits per heavy atom. The van der Waals surface area contributed by atoms with Crippen LogP contribution in [0.3, 0.4) is 0 Å². The topological polar surface area (TPSA) is 41.5 Å². The molecule has 3 heteroatoms. The van der Waals surface area contributed by atoms with Crippen LogP contribution in [0.2, 0.25) is 0 Å². The molecule has 110 valence electrons. The molecule has 3 nitrogen and oxygen atoms in total. The minimum Gasteiger partial charge on any atom is -0.388 e. The summed E-state index contributed by atoms with van der Waals surface area (Å²) in [4.78, 5) is 0. The molecule has 3 atom stereocenters. The molecule has 3 rings (SSSR count). The number of para-hydroxylation sites is 1. The fourth-order valence-electron chi connectivity index (χ4n) is 3.62. The Kier molecular flexibility index (Phi) is 3.99. The van der Waals surface area contributed by atoms with Gasteiger partial charge in [0.1, 0.15) is 0 Å². The van der Waals surface area contributed by atoms with Gasteiger partial charge in [0.25, 0.3) is 0 Å². The second-order valence-electron chi connectivity index (χ2n) is 6.23. The lowest BCUT2D eigenvalue weighted by Gasteiger charge is -2.44. The van der Waals surface area contributed by atoms with Crippen LogP contribution in [0.15, 0.2) is 24.3 Å². The quantitative estimate of drug-likeness (QED) is 0.890. The summed E-state index contributed by atoms with van der Waals surface area (Å²) < 4.78 is 5.79. The SMILES string of the molecule is CCCC1CC(O)(C2CCc3ccccc3N2)CCO1. The summed E-state index contributed by atoms with van der Waals surface area (Å²) in [6.07, 6.45) is 5.95. The van der Waals surface area contributed by atoms with Crippen LogP contribution in [-0.2, 0) is 11.2 Å². The van der Waals surface area contributed by atoms with Crippen molar-refractivity contribution in [2.24, 2.45) is 0 Å². The molecule has 1 aromatic carbocycles. The zero-order chi connectivity index (χ0) is 14.0. The van der Waals surface area contributed by atoms with Crippen LogP contribution in [0, 0.1) is 0 Å². The third kappa shape index (κ3) is 2.70. The zero-order valence-electron chi connectivity index (χ0n) is 12.3. The van der Waals surface area contributed by atoms with Gasteiger partial charge in [0.2, 0.25) is 0 Å². The Bertz CT molecular complexity index is 460. The van der Waals surface area contributed by atoms with E-state index in [9.17, 15) is 5.11 Å². The fraction of sp³-hybridized carbons (Fsp3) is 0.647. The van der Waals surface area contributed by atoms with E-state index in [-0.39, 0.29) is 12.1 Å². The number of ether oxygens (including phenoxy) is 1. The summed E-state index contributed by atoms with van der Waals surface area (Å²) in [6, 6.07) is 8.59. The van der Waals surface area contributed by atoms with Crippen molar-refractivity contribution in [2.75, 3.05) is 11.9 Å². The van der Waals surface area contributed by atoms with Gasteiger partial charge >= 0.3 is 0 Å². The van der Waals surface area contributed by atoms with E-state index >= 15 is 0 Å². The molecular formula is C17H25NO2. The van der Waals surface area contributed by atoms with E-state index in [1.165, 1.54) is 11.3 Å². The van der Waals surface area contributed by atoms with Crippen molar-refractivity contribution in [3.63, 3.8) is 0 Å². The molecule has 1 saturated heterocycles. The van der Waals surface area contributed by atoms with Crippen molar-refractivity contribution < 1.29 is 9.84 Å². The largest absolute Gasteiger partial charge is 0.388 e. The number of aryl methyl sites for hydroxylation is 1. The van der Waals surface area contributed by atoms with Crippen molar-refractivity contribution in [2.45, 2.75) is 63.2 Å². The molecule has 3 unspecified atom stereocenters. The van der Waals surface area contributed by atoms with Gasteiger partial charge in [-0.3, -0.25) is 0 Å². The average Bonchev–Trinajstić information content (AvgIpc) is 2.47. The Morgan fingerprint density at radius 1 is 1.40 bits per heavy atom. The molecule has 0 bridgehead atoms. The van der Waals surface area contributed by atoms with Gasteiger partial charge in [-0.1, -0.05) is 31.5 Å². The normalized spacial score (nSPS) is 33.3. The van der Waals surface area contributed by atoms with Crippen molar-refractivity contribution in [3.8, 4) is 0 Å². The summed E-state index contributed by atoms with van der Waals surface area (Å²) in [7, 11) is 0. The smallest absolute Gasteiger partial charge is 0.0894 e. The number of fused-ring (bicyclic) bond motifs is 1. The maximum Gasteiger partial charge on any atom is 0.0894 e. The lowest BCUT2D eigenvalue weighted by molar-refractivity contribution is -0.114. The number of nitrogens with one attached hydrogen (secondary N) is 1. The first kappa shape index (κ1) is 13.9. The molecule has 2 aliphatic heterocycles. The van der Waals surface area contributed by atoms with Gasteiger partial charge in [-0.2, -0.15) is 0 Å². The van der Waals surface area contributed by atoms with Gasteiger partial charge in [0, 0.05) is 25.1 Å². The van der Waals surface area contributed by atoms with Crippen molar-refractivity contribution in [1.29, 1.82) is 0 Å². The maximum atomic E-state index is 11.1. The summed E-state index contributed by atoms with van der Waals surface area (Å²) in [5.74, 6) is 0. The molecule has 2 heterocycles. The number of anilines is 1. The summed E-state index contributed by atoms with van der Waals surface area (Å²) in [6.45, 7) is 2.85. The Hall–Kier alpha value is -1.06. The molecular weight excluding hydrogens is 250 g/mol. The van der Waals surface area contributed by atoms with Gasteiger partial charge in [-0.15, -0.1) is 0 Å². The molecule has 0 amide bonds. The van der Waals surface area contributed by atoms with E-state index in [0.717, 1.165) is 38.5 Å². The highest BCUT2D eigenvalue weighted by Crippen LogP contribution is 2.36. The Labute approximate surface area is 121 Å². The minimum absolute atomic E-state index is 0.153. The average molecular weight is 275 g/mol. The number of rotatable bonds is 3. The van der Waals surface area contributed by atoms with E-state index in [4.69, 9.17) is 4.74 Å². The first-order valence-corrected chi connectivity index (χ1v) is 7.90. The summed E-state index contributed by atoms with van der Waals surface area (Å²) in [5, 5.41) is 14.6. The van der Waals surface area contributed by atoms with E-state index in [0.29, 0.717) is 6.61 Å². The van der Waals surface area contributed by atoms with Crippen LogP contribution in [0.25, 0.3) is 0 Å². The molecule has 0 aromatic heterocycles. The first-order valence-electron chi connectivity index (χ1n) is 7.90. The minimum atomic E-state index is -0.619. The predicted molar refractivity (Wildman–Crippen MR) is 81.0 cm³/mol. The predicted octanol–water partition coefficient (Wildman–Crippen LogP) is 3.12. The highest BCUT2D eigenvalue weighted by atomic mass is 16.5. The molecule has 0 spiro atoms. The second kappa shape index (κ2) is 5.74. The van der Waals surface area contributed by atoms with E-state index in [2.05, 4.69) is 36.5 Å². The Morgan fingerprint density at radius 3 is 3.10 bits per heavy atom. The fourth-order valence-corrected chi connectivity index (χ4v) is 3.62. The van der Waals surface area contributed by atoms with Crippen molar-refractivity contribution >= 4 is 5.69 Å². The molecule has 1 aromatic rings. The van der Waals surface area contributed by atoms with Gasteiger partial charge in [0.05, 0.1) is 17.7 Å². The third-order valence-corrected chi connectivity index (χ3v) is 4.78. The van der Waals surface area contributed by atoms with Crippen LogP contribution in [0.1, 0.15) is 44.6 Å². The van der Waals surface area contributed by atoms with E-state index in [1.807, 2.05) is 0 Å². The van der Waals surface area contributed by atoms with Crippen LogP contribution >= 0.6 is 0 Å². The Balaban J connectivity index is 1.72. The van der Waals surface area contributed by atoms with Crippen LogP contribution in [0.4, 0.5) is 5.69 Å². The van der Waals surface area contributed by atoms with Crippen LogP contribution < -0.4 is 5.32 Å². The molecule has 0 radical (unpaired) electrons. The van der Waals surface area contributed by atoms with Gasteiger partial charge < -0.3 is 15.2 Å². The third-order valence-electron chi connectivity index (χ3n) is 4.78. The van der Waals surface area contributed by atoms with Crippen molar-refractivity contribution in [1.82, 2.24) is 0 Å². The number of hydrogen-bond donors (Lipinski definition) is 2. The lowest BCUT2D eigenvalue weighted by Crippen LogP contribution is -2.53. The van der Waals surface area contributed by atoms with Crippen molar-refractivity contribution in [3.05, 3.63) is 29.8 Å². The molecule has 2 N–H and O–H groups in total. The molecule has 0 saturated carbocycles. The highest BCUT2D eigenvalue weighted by Gasteiger charge is 2.42. The lowest BCUT2D eigenvalue weighted by atomic mass is 9.78. The maximum absolute atomic E-state index is 11.1. The number of aliphatic hydroxyl groups is 1. The van der Waals surface area contributed by atoms with Gasteiger partial charge in [-0.25, -0.2) is 0 Å². The van der Waals surface area contributed by atoms with Gasteiger partial charge in [0.15, 0.2) is 0 Å². The standard InChI is InChI=1S/C17H25NO2/c1-2-5-14-12-17(19,10-11-20-14)16-9-8-13-6-3-4-7-15(13)18-16/h3-4,6-7,14,16,18-19H,2,5,8-12H2,1H3. The molecule has 20 heavy (non-hydrogen) atoms. The highest BCUT2D eigenvalue weighted by molar-refractivity contribution is 5.54. The molecule has 0 aliphatic carbocycles. The van der Waals surface area contributed by atoms with Gasteiger partial charge in [-0.05, 0) is 30.9 Å². The van der Waals surface area contributed by atoms with Crippen LogP contribution in [0.5, 0.6) is 0 Å². The first-order chi connectivity index (χ1) is 9.71. The molecule has 2 aliphatic rings. The molecule has 1 fully saturated rings. The van der Waals surface area contributed by atoms with E-state index < -0.39 is 5.60 Å². The van der Waals surface area contributed by atoms with Crippen LogP contribution in [-0.4, -0.2) is 29.5 Å². The summed E-state index contributed by atoms with van der Waals surface area (Å²) >= 11 is 0.